The maximum atomic E-state index is 12.8. The number of anilines is 1. The molecular formula is C23H28N6O3. The SMILES string of the molecule is CC(C)n1nnnc1COc1cccc(C(=O)Nc2cccc(CN3CCOCC3)c2)c1. The quantitative estimate of drug-likeness (QED) is 0.580. The number of nitrogens with zero attached hydrogens (tertiary/aromatic N) is 5. The topological polar surface area (TPSA) is 94.4 Å². The number of ether oxygens (including phenoxy) is 2. The second-order valence-corrected chi connectivity index (χ2v) is 7.99. The van der Waals surface area contributed by atoms with E-state index >= 15 is 0 Å². The molecule has 1 aliphatic heterocycles. The number of tetrazole rings is 1. The Labute approximate surface area is 187 Å². The van der Waals surface area contributed by atoms with E-state index in [0.29, 0.717) is 17.1 Å². The summed E-state index contributed by atoms with van der Waals surface area (Å²) >= 11 is 0. The molecule has 2 heterocycles. The standard InChI is InChI=1S/C23H28N6O3/c1-17(2)29-22(25-26-27-29)16-32-21-8-4-6-19(14-21)23(30)24-20-7-3-5-18(13-20)15-28-9-11-31-12-10-28/h3-8,13-14,17H,9-12,15-16H2,1-2H3,(H,24,30). The third kappa shape index (κ3) is 5.68. The molecule has 0 saturated carbocycles. The molecule has 9 nitrogen and oxygen atoms in total. The number of hydrogen-bond acceptors (Lipinski definition) is 7. The highest BCUT2D eigenvalue weighted by Crippen LogP contribution is 2.18. The Morgan fingerprint density at radius 3 is 2.78 bits per heavy atom. The van der Waals surface area contributed by atoms with E-state index in [1.807, 2.05) is 38.1 Å². The van der Waals surface area contributed by atoms with Crippen LogP contribution in [0.3, 0.4) is 0 Å². The molecule has 0 atom stereocenters. The Kier molecular flexibility index (Phi) is 7.08. The highest BCUT2D eigenvalue weighted by atomic mass is 16.5. The van der Waals surface area contributed by atoms with Crippen LogP contribution in [0.15, 0.2) is 48.5 Å². The van der Waals surface area contributed by atoms with Crippen molar-refractivity contribution in [3.63, 3.8) is 0 Å². The van der Waals surface area contributed by atoms with E-state index in [2.05, 4.69) is 31.8 Å². The van der Waals surface area contributed by atoms with Gasteiger partial charge in [0.15, 0.2) is 5.82 Å². The Bertz CT molecular complexity index is 1050. The lowest BCUT2D eigenvalue weighted by Crippen LogP contribution is -2.35. The van der Waals surface area contributed by atoms with Crippen molar-refractivity contribution in [1.82, 2.24) is 25.1 Å². The zero-order chi connectivity index (χ0) is 22.3. The molecule has 1 aliphatic rings. The summed E-state index contributed by atoms with van der Waals surface area (Å²) in [6, 6.07) is 15.2. The van der Waals surface area contributed by atoms with Crippen LogP contribution in [-0.2, 0) is 17.9 Å². The van der Waals surface area contributed by atoms with E-state index in [9.17, 15) is 4.79 Å². The van der Waals surface area contributed by atoms with Gasteiger partial charge in [0.1, 0.15) is 12.4 Å². The average Bonchev–Trinajstić information content (AvgIpc) is 3.28. The zero-order valence-corrected chi connectivity index (χ0v) is 18.4. The molecular weight excluding hydrogens is 408 g/mol. The molecule has 0 radical (unpaired) electrons. The summed E-state index contributed by atoms with van der Waals surface area (Å²) in [5.74, 6) is 1.02. The summed E-state index contributed by atoms with van der Waals surface area (Å²) in [6.07, 6.45) is 0. The van der Waals surface area contributed by atoms with Crippen LogP contribution in [0.5, 0.6) is 5.75 Å². The molecule has 1 N–H and O–H groups in total. The number of rotatable bonds is 8. The molecule has 1 saturated heterocycles. The van der Waals surface area contributed by atoms with Gasteiger partial charge in [0.05, 0.1) is 19.3 Å². The second-order valence-electron chi connectivity index (χ2n) is 7.99. The van der Waals surface area contributed by atoms with Gasteiger partial charge in [-0.3, -0.25) is 9.69 Å². The van der Waals surface area contributed by atoms with Gasteiger partial charge in [0, 0.05) is 30.9 Å². The Morgan fingerprint density at radius 1 is 1.16 bits per heavy atom. The van der Waals surface area contributed by atoms with E-state index in [4.69, 9.17) is 9.47 Å². The molecule has 0 bridgehead atoms. The first-order valence-corrected chi connectivity index (χ1v) is 10.8. The fourth-order valence-electron chi connectivity index (χ4n) is 3.55. The van der Waals surface area contributed by atoms with E-state index in [0.717, 1.165) is 44.1 Å². The fraction of sp³-hybridized carbons (Fsp3) is 0.391. The molecule has 1 fully saturated rings. The lowest BCUT2D eigenvalue weighted by molar-refractivity contribution is 0.0342. The Morgan fingerprint density at radius 2 is 1.97 bits per heavy atom. The number of amides is 1. The van der Waals surface area contributed by atoms with Crippen LogP contribution in [0.4, 0.5) is 5.69 Å². The van der Waals surface area contributed by atoms with E-state index < -0.39 is 0 Å². The van der Waals surface area contributed by atoms with Gasteiger partial charge >= 0.3 is 0 Å². The molecule has 3 aromatic rings. The van der Waals surface area contributed by atoms with Crippen molar-refractivity contribution in [2.24, 2.45) is 0 Å². The summed E-state index contributed by atoms with van der Waals surface area (Å²) in [5, 5.41) is 14.7. The van der Waals surface area contributed by atoms with Gasteiger partial charge < -0.3 is 14.8 Å². The van der Waals surface area contributed by atoms with Gasteiger partial charge in [0.2, 0.25) is 0 Å². The Balaban J connectivity index is 1.37. The minimum Gasteiger partial charge on any atom is -0.486 e. The molecule has 168 valence electrons. The summed E-state index contributed by atoms with van der Waals surface area (Å²) in [6.45, 7) is 8.44. The van der Waals surface area contributed by atoms with E-state index in [1.165, 1.54) is 0 Å². The zero-order valence-electron chi connectivity index (χ0n) is 18.4. The number of benzene rings is 2. The van der Waals surface area contributed by atoms with Crippen molar-refractivity contribution in [2.45, 2.75) is 33.0 Å². The van der Waals surface area contributed by atoms with Crippen LogP contribution in [-0.4, -0.2) is 57.3 Å². The number of carbonyl (C=O) groups excluding carboxylic acids is 1. The van der Waals surface area contributed by atoms with Crippen LogP contribution in [0.25, 0.3) is 0 Å². The summed E-state index contributed by atoms with van der Waals surface area (Å²) in [7, 11) is 0. The molecule has 0 unspecified atom stereocenters. The minimum atomic E-state index is -0.189. The van der Waals surface area contributed by atoms with E-state index in [-0.39, 0.29) is 18.6 Å². The van der Waals surface area contributed by atoms with Crippen LogP contribution < -0.4 is 10.1 Å². The molecule has 9 heteroatoms. The number of hydrogen-bond donors (Lipinski definition) is 1. The maximum absolute atomic E-state index is 12.8. The van der Waals surface area contributed by atoms with Crippen LogP contribution in [0.1, 0.15) is 41.6 Å². The highest BCUT2D eigenvalue weighted by molar-refractivity contribution is 6.04. The van der Waals surface area contributed by atoms with Crippen LogP contribution in [0.2, 0.25) is 0 Å². The lowest BCUT2D eigenvalue weighted by Gasteiger charge is -2.26. The molecule has 1 amide bonds. The number of aromatic nitrogens is 4. The molecule has 4 rings (SSSR count). The third-order valence-electron chi connectivity index (χ3n) is 5.21. The van der Waals surface area contributed by atoms with Gasteiger partial charge in [-0.15, -0.1) is 5.10 Å². The number of morpholine rings is 1. The van der Waals surface area contributed by atoms with Gasteiger partial charge in [0.25, 0.3) is 5.91 Å². The minimum absolute atomic E-state index is 0.139. The smallest absolute Gasteiger partial charge is 0.255 e. The van der Waals surface area contributed by atoms with Crippen molar-refractivity contribution in [3.05, 3.63) is 65.5 Å². The fourth-order valence-corrected chi connectivity index (χ4v) is 3.55. The molecule has 0 spiro atoms. The van der Waals surface area contributed by atoms with Gasteiger partial charge in [-0.2, -0.15) is 0 Å². The number of nitrogens with one attached hydrogen (secondary N) is 1. The largest absolute Gasteiger partial charge is 0.486 e. The van der Waals surface area contributed by atoms with Crippen LogP contribution in [0, 0.1) is 0 Å². The van der Waals surface area contributed by atoms with Crippen molar-refractivity contribution in [1.29, 1.82) is 0 Å². The first-order chi connectivity index (χ1) is 15.6. The van der Waals surface area contributed by atoms with Crippen molar-refractivity contribution in [3.8, 4) is 5.75 Å². The lowest BCUT2D eigenvalue weighted by atomic mass is 10.1. The Hall–Kier alpha value is -3.30. The normalized spacial score (nSPS) is 14.5. The first kappa shape index (κ1) is 21.9. The molecule has 0 aliphatic carbocycles. The second kappa shape index (κ2) is 10.3. The molecule has 32 heavy (non-hydrogen) atoms. The predicted molar refractivity (Wildman–Crippen MR) is 119 cm³/mol. The van der Waals surface area contributed by atoms with E-state index in [1.54, 1.807) is 22.9 Å². The first-order valence-electron chi connectivity index (χ1n) is 10.8. The summed E-state index contributed by atoms with van der Waals surface area (Å²) < 4.78 is 12.9. The van der Waals surface area contributed by atoms with Crippen molar-refractivity contribution < 1.29 is 14.3 Å². The third-order valence-corrected chi connectivity index (χ3v) is 5.21. The molecule has 1 aromatic heterocycles. The van der Waals surface area contributed by atoms with Crippen molar-refractivity contribution >= 4 is 11.6 Å². The van der Waals surface area contributed by atoms with Gasteiger partial charge in [-0.1, -0.05) is 18.2 Å². The predicted octanol–water partition coefficient (Wildman–Crippen LogP) is 2.92. The van der Waals surface area contributed by atoms with Crippen LogP contribution >= 0.6 is 0 Å². The van der Waals surface area contributed by atoms with Gasteiger partial charge in [-0.25, -0.2) is 4.68 Å². The monoisotopic (exact) mass is 436 g/mol. The van der Waals surface area contributed by atoms with Crippen molar-refractivity contribution in [2.75, 3.05) is 31.6 Å². The average molecular weight is 437 g/mol. The maximum Gasteiger partial charge on any atom is 0.255 e. The summed E-state index contributed by atoms with van der Waals surface area (Å²) in [4.78, 5) is 15.2. The molecule has 2 aromatic carbocycles. The van der Waals surface area contributed by atoms with Gasteiger partial charge in [-0.05, 0) is 60.2 Å². The number of carbonyl (C=O) groups is 1. The summed E-state index contributed by atoms with van der Waals surface area (Å²) in [5.41, 5.74) is 2.44. The highest BCUT2D eigenvalue weighted by Gasteiger charge is 2.13.